The highest BCUT2D eigenvalue weighted by Crippen LogP contribution is 2.18. The highest BCUT2D eigenvalue weighted by molar-refractivity contribution is 5.72. The van der Waals surface area contributed by atoms with E-state index in [2.05, 4.69) is 38.1 Å². The molecule has 0 aliphatic carbocycles. The molecule has 1 atom stereocenters. The minimum absolute atomic E-state index is 0.0222. The van der Waals surface area contributed by atoms with E-state index in [1.165, 1.54) is 11.1 Å². The molecule has 0 bridgehead atoms. The van der Waals surface area contributed by atoms with E-state index in [-0.39, 0.29) is 18.0 Å². The van der Waals surface area contributed by atoms with E-state index < -0.39 is 0 Å². The number of rotatable bonds is 10. The molecule has 0 spiro atoms. The summed E-state index contributed by atoms with van der Waals surface area (Å²) >= 11 is 0. The van der Waals surface area contributed by atoms with Gasteiger partial charge in [-0.25, -0.2) is 0 Å². The summed E-state index contributed by atoms with van der Waals surface area (Å²) in [6, 6.07) is 20.6. The topological polar surface area (TPSA) is 26.3 Å². The Balaban J connectivity index is 2.06. The summed E-state index contributed by atoms with van der Waals surface area (Å²) in [6.07, 6.45) is 5.36. The number of esters is 1. The Morgan fingerprint density at radius 1 is 0.880 bits per heavy atom. The monoisotopic (exact) mass is 338 g/mol. The van der Waals surface area contributed by atoms with E-state index in [0.717, 1.165) is 38.5 Å². The molecule has 2 heteroatoms. The molecule has 0 N–H and O–H groups in total. The van der Waals surface area contributed by atoms with Crippen molar-refractivity contribution < 1.29 is 9.53 Å². The lowest BCUT2D eigenvalue weighted by Gasteiger charge is -2.22. The fourth-order valence-corrected chi connectivity index (χ4v) is 3.11. The SMILES string of the molecule is CCCCC(CC)C(=O)OC(Cc1ccccc1)Cc1ccccc1. The van der Waals surface area contributed by atoms with Crippen molar-refractivity contribution in [3.8, 4) is 0 Å². The first-order chi connectivity index (χ1) is 12.2. The smallest absolute Gasteiger partial charge is 0.309 e. The van der Waals surface area contributed by atoms with Crippen LogP contribution in [0.3, 0.4) is 0 Å². The van der Waals surface area contributed by atoms with Crippen LogP contribution in [0.1, 0.15) is 50.7 Å². The number of unbranched alkanes of at least 4 members (excludes halogenated alkanes) is 1. The zero-order valence-electron chi connectivity index (χ0n) is 15.5. The molecule has 2 nitrogen and oxygen atoms in total. The van der Waals surface area contributed by atoms with Crippen molar-refractivity contribution in [2.45, 2.75) is 58.5 Å². The molecule has 2 aromatic rings. The summed E-state index contributed by atoms with van der Waals surface area (Å²) in [4.78, 5) is 12.6. The van der Waals surface area contributed by atoms with E-state index in [1.54, 1.807) is 0 Å². The van der Waals surface area contributed by atoms with E-state index in [9.17, 15) is 4.79 Å². The number of carbonyl (C=O) groups excluding carboxylic acids is 1. The number of carbonyl (C=O) groups is 1. The Bertz CT molecular complexity index is 565. The van der Waals surface area contributed by atoms with Crippen LogP contribution in [0.4, 0.5) is 0 Å². The maximum absolute atomic E-state index is 12.6. The third-order valence-corrected chi connectivity index (χ3v) is 4.63. The fourth-order valence-electron chi connectivity index (χ4n) is 3.11. The molecule has 1 unspecified atom stereocenters. The van der Waals surface area contributed by atoms with E-state index in [0.29, 0.717) is 0 Å². The lowest BCUT2D eigenvalue weighted by molar-refractivity contribution is -0.154. The van der Waals surface area contributed by atoms with Gasteiger partial charge in [0.1, 0.15) is 6.10 Å². The first-order valence-electron chi connectivity index (χ1n) is 9.51. The zero-order chi connectivity index (χ0) is 17.9. The quantitative estimate of drug-likeness (QED) is 0.527. The summed E-state index contributed by atoms with van der Waals surface area (Å²) in [6.45, 7) is 4.23. The van der Waals surface area contributed by atoms with Crippen LogP contribution in [-0.4, -0.2) is 12.1 Å². The lowest BCUT2D eigenvalue weighted by Crippen LogP contribution is -2.27. The van der Waals surface area contributed by atoms with Gasteiger partial charge in [0.05, 0.1) is 5.92 Å². The highest BCUT2D eigenvalue weighted by Gasteiger charge is 2.22. The van der Waals surface area contributed by atoms with Crippen LogP contribution in [-0.2, 0) is 22.4 Å². The van der Waals surface area contributed by atoms with Gasteiger partial charge in [-0.15, -0.1) is 0 Å². The van der Waals surface area contributed by atoms with E-state index in [1.807, 2.05) is 36.4 Å². The average molecular weight is 338 g/mol. The Labute approximate surface area is 152 Å². The third-order valence-electron chi connectivity index (χ3n) is 4.63. The molecule has 25 heavy (non-hydrogen) atoms. The van der Waals surface area contributed by atoms with Crippen LogP contribution in [0.15, 0.2) is 60.7 Å². The molecular formula is C23H30O2. The van der Waals surface area contributed by atoms with Gasteiger partial charge in [-0.05, 0) is 24.0 Å². The average Bonchev–Trinajstić information content (AvgIpc) is 2.64. The molecule has 2 rings (SSSR count). The Hall–Kier alpha value is -2.09. The second-order valence-electron chi connectivity index (χ2n) is 6.69. The predicted octanol–water partition coefficient (Wildman–Crippen LogP) is 5.60. The number of hydrogen-bond donors (Lipinski definition) is 0. The van der Waals surface area contributed by atoms with Crippen LogP contribution in [0, 0.1) is 5.92 Å². The van der Waals surface area contributed by atoms with Crippen LogP contribution in [0.2, 0.25) is 0 Å². The van der Waals surface area contributed by atoms with Crippen LogP contribution >= 0.6 is 0 Å². The molecule has 0 saturated heterocycles. The molecule has 0 heterocycles. The van der Waals surface area contributed by atoms with Gasteiger partial charge in [-0.3, -0.25) is 4.79 Å². The largest absolute Gasteiger partial charge is 0.461 e. The van der Waals surface area contributed by atoms with E-state index in [4.69, 9.17) is 4.74 Å². The molecule has 0 saturated carbocycles. The van der Waals surface area contributed by atoms with Crippen molar-refractivity contribution in [1.29, 1.82) is 0 Å². The van der Waals surface area contributed by atoms with Gasteiger partial charge in [0.25, 0.3) is 0 Å². The first-order valence-corrected chi connectivity index (χ1v) is 9.51. The molecule has 134 valence electrons. The third kappa shape index (κ3) is 6.74. The lowest BCUT2D eigenvalue weighted by atomic mass is 9.98. The molecule has 0 radical (unpaired) electrons. The fraction of sp³-hybridized carbons (Fsp3) is 0.435. The second-order valence-corrected chi connectivity index (χ2v) is 6.69. The highest BCUT2D eigenvalue weighted by atomic mass is 16.5. The predicted molar refractivity (Wildman–Crippen MR) is 103 cm³/mol. The minimum Gasteiger partial charge on any atom is -0.461 e. The van der Waals surface area contributed by atoms with Crippen LogP contribution in [0.5, 0.6) is 0 Å². The van der Waals surface area contributed by atoms with Gasteiger partial charge < -0.3 is 4.74 Å². The van der Waals surface area contributed by atoms with Crippen molar-refractivity contribution in [2.24, 2.45) is 5.92 Å². The molecule has 0 aliphatic heterocycles. The summed E-state index contributed by atoms with van der Waals surface area (Å²) in [5, 5.41) is 0. The van der Waals surface area contributed by atoms with Gasteiger partial charge in [0, 0.05) is 12.8 Å². The Morgan fingerprint density at radius 2 is 1.40 bits per heavy atom. The number of benzene rings is 2. The molecule has 0 aromatic heterocycles. The standard InChI is InChI=1S/C23H30O2/c1-3-5-16-21(4-2)23(24)25-22(17-19-12-8-6-9-13-19)18-20-14-10-7-11-15-20/h6-15,21-22H,3-5,16-18H2,1-2H3. The van der Waals surface area contributed by atoms with Gasteiger partial charge in [-0.2, -0.15) is 0 Å². The van der Waals surface area contributed by atoms with Crippen LogP contribution < -0.4 is 0 Å². The second kappa shape index (κ2) is 10.7. The van der Waals surface area contributed by atoms with Crippen molar-refractivity contribution >= 4 is 5.97 Å². The van der Waals surface area contributed by atoms with Gasteiger partial charge in [0.15, 0.2) is 0 Å². The van der Waals surface area contributed by atoms with Gasteiger partial charge in [-0.1, -0.05) is 87.4 Å². The van der Waals surface area contributed by atoms with Gasteiger partial charge >= 0.3 is 5.97 Å². The number of ether oxygens (including phenoxy) is 1. The Morgan fingerprint density at radius 3 is 1.84 bits per heavy atom. The molecule has 0 amide bonds. The molecular weight excluding hydrogens is 308 g/mol. The Kier molecular flexibility index (Phi) is 8.24. The molecule has 0 fully saturated rings. The van der Waals surface area contributed by atoms with Crippen molar-refractivity contribution in [3.63, 3.8) is 0 Å². The summed E-state index contributed by atoms with van der Waals surface area (Å²) in [5.41, 5.74) is 2.41. The summed E-state index contributed by atoms with van der Waals surface area (Å²) < 4.78 is 5.97. The van der Waals surface area contributed by atoms with Crippen molar-refractivity contribution in [2.75, 3.05) is 0 Å². The maximum atomic E-state index is 12.6. The van der Waals surface area contributed by atoms with Crippen molar-refractivity contribution in [3.05, 3.63) is 71.8 Å². The number of hydrogen-bond acceptors (Lipinski definition) is 2. The van der Waals surface area contributed by atoms with Crippen LogP contribution in [0.25, 0.3) is 0 Å². The van der Waals surface area contributed by atoms with Crippen molar-refractivity contribution in [1.82, 2.24) is 0 Å². The van der Waals surface area contributed by atoms with Gasteiger partial charge in [0.2, 0.25) is 0 Å². The maximum Gasteiger partial charge on any atom is 0.309 e. The normalized spacial score (nSPS) is 12.1. The summed E-state index contributed by atoms with van der Waals surface area (Å²) in [5.74, 6) is -0.0122. The zero-order valence-corrected chi connectivity index (χ0v) is 15.5. The van der Waals surface area contributed by atoms with E-state index >= 15 is 0 Å². The molecule has 2 aromatic carbocycles. The molecule has 0 aliphatic rings. The first kappa shape index (κ1) is 19.2. The minimum atomic E-state index is -0.118. The summed E-state index contributed by atoms with van der Waals surface area (Å²) in [7, 11) is 0.